The standard InChI is InChI=1S/C14H28O/c1-3-5-6-7-10-13(15)14(4-2)11-8-9-12-14/h13,15H,3-12H2,1-2H3. The molecule has 1 N–H and O–H groups in total. The second kappa shape index (κ2) is 6.52. The van der Waals surface area contributed by atoms with Gasteiger partial charge >= 0.3 is 0 Å². The van der Waals surface area contributed by atoms with Crippen LogP contribution in [-0.2, 0) is 0 Å². The van der Waals surface area contributed by atoms with Gasteiger partial charge in [-0.1, -0.05) is 52.4 Å². The highest BCUT2D eigenvalue weighted by Gasteiger charge is 2.38. The van der Waals surface area contributed by atoms with Crippen molar-refractivity contribution in [1.29, 1.82) is 0 Å². The van der Waals surface area contributed by atoms with Gasteiger partial charge in [0.05, 0.1) is 6.10 Å². The third-order valence-electron chi connectivity index (χ3n) is 4.34. The minimum absolute atomic E-state index is 0.0261. The Morgan fingerprint density at radius 2 is 1.73 bits per heavy atom. The van der Waals surface area contributed by atoms with Crippen molar-refractivity contribution in [2.45, 2.75) is 84.2 Å². The predicted molar refractivity (Wildman–Crippen MR) is 66.0 cm³/mol. The lowest BCUT2D eigenvalue weighted by molar-refractivity contribution is 0.0171. The number of hydrogen-bond donors (Lipinski definition) is 1. The fourth-order valence-corrected chi connectivity index (χ4v) is 3.07. The first-order valence-electron chi connectivity index (χ1n) is 6.93. The Labute approximate surface area is 95.3 Å². The molecule has 0 heterocycles. The van der Waals surface area contributed by atoms with E-state index in [1.165, 1.54) is 57.8 Å². The van der Waals surface area contributed by atoms with Crippen LogP contribution in [0.1, 0.15) is 78.1 Å². The third kappa shape index (κ3) is 3.48. The van der Waals surface area contributed by atoms with Gasteiger partial charge in [-0.05, 0) is 31.1 Å². The smallest absolute Gasteiger partial charge is 0.0596 e. The van der Waals surface area contributed by atoms with Crippen LogP contribution in [0.4, 0.5) is 0 Å². The first-order valence-corrected chi connectivity index (χ1v) is 6.93. The van der Waals surface area contributed by atoms with E-state index in [4.69, 9.17) is 0 Å². The van der Waals surface area contributed by atoms with E-state index in [9.17, 15) is 5.11 Å². The molecule has 1 heteroatoms. The van der Waals surface area contributed by atoms with Gasteiger partial charge in [-0.25, -0.2) is 0 Å². The van der Waals surface area contributed by atoms with Gasteiger partial charge < -0.3 is 5.11 Å². The van der Waals surface area contributed by atoms with Gasteiger partial charge in [0.15, 0.2) is 0 Å². The molecule has 0 bridgehead atoms. The topological polar surface area (TPSA) is 20.2 Å². The Morgan fingerprint density at radius 3 is 2.27 bits per heavy atom. The van der Waals surface area contributed by atoms with Crippen LogP contribution >= 0.6 is 0 Å². The van der Waals surface area contributed by atoms with Gasteiger partial charge in [0, 0.05) is 0 Å². The van der Waals surface area contributed by atoms with Crippen LogP contribution < -0.4 is 0 Å². The fraction of sp³-hybridized carbons (Fsp3) is 1.00. The quantitative estimate of drug-likeness (QED) is 0.624. The monoisotopic (exact) mass is 212 g/mol. The Morgan fingerprint density at radius 1 is 1.07 bits per heavy atom. The van der Waals surface area contributed by atoms with Crippen LogP contribution in [-0.4, -0.2) is 11.2 Å². The van der Waals surface area contributed by atoms with Crippen molar-refractivity contribution in [3.8, 4) is 0 Å². The summed E-state index contributed by atoms with van der Waals surface area (Å²) in [4.78, 5) is 0. The average Bonchev–Trinajstić information content (AvgIpc) is 2.74. The molecule has 0 aromatic heterocycles. The highest BCUT2D eigenvalue weighted by Crippen LogP contribution is 2.45. The number of aliphatic hydroxyl groups excluding tert-OH is 1. The van der Waals surface area contributed by atoms with Crippen LogP contribution in [0.5, 0.6) is 0 Å². The van der Waals surface area contributed by atoms with Crippen LogP contribution in [0.3, 0.4) is 0 Å². The summed E-state index contributed by atoms with van der Waals surface area (Å²) in [5.41, 5.74) is 0.298. The van der Waals surface area contributed by atoms with Crippen LogP contribution in [0.15, 0.2) is 0 Å². The van der Waals surface area contributed by atoms with Gasteiger partial charge in [-0.2, -0.15) is 0 Å². The maximum atomic E-state index is 10.3. The van der Waals surface area contributed by atoms with Gasteiger partial charge in [0.2, 0.25) is 0 Å². The van der Waals surface area contributed by atoms with Crippen LogP contribution in [0.2, 0.25) is 0 Å². The van der Waals surface area contributed by atoms with Crippen molar-refractivity contribution in [3.63, 3.8) is 0 Å². The summed E-state index contributed by atoms with van der Waals surface area (Å²) >= 11 is 0. The molecule has 1 unspecified atom stereocenters. The van der Waals surface area contributed by atoms with Crippen molar-refractivity contribution < 1.29 is 5.11 Å². The van der Waals surface area contributed by atoms with Crippen molar-refractivity contribution >= 4 is 0 Å². The Balaban J connectivity index is 2.27. The zero-order valence-corrected chi connectivity index (χ0v) is 10.6. The van der Waals surface area contributed by atoms with E-state index in [0.29, 0.717) is 5.41 Å². The molecule has 0 aliphatic heterocycles. The molecule has 90 valence electrons. The lowest BCUT2D eigenvalue weighted by Gasteiger charge is -2.33. The summed E-state index contributed by atoms with van der Waals surface area (Å²) in [7, 11) is 0. The van der Waals surface area contributed by atoms with E-state index in [1.54, 1.807) is 0 Å². The SMILES string of the molecule is CCCCCCC(O)C1(CC)CCCC1. The minimum Gasteiger partial charge on any atom is -0.393 e. The highest BCUT2D eigenvalue weighted by atomic mass is 16.3. The molecule has 1 saturated carbocycles. The first kappa shape index (κ1) is 13.0. The number of rotatable bonds is 7. The van der Waals surface area contributed by atoms with E-state index < -0.39 is 0 Å². The minimum atomic E-state index is -0.0261. The first-order chi connectivity index (χ1) is 7.25. The molecule has 0 aromatic rings. The zero-order chi connectivity index (χ0) is 11.1. The molecule has 0 saturated heterocycles. The summed E-state index contributed by atoms with van der Waals surface area (Å²) in [6.45, 7) is 4.49. The molecule has 1 aliphatic carbocycles. The second-order valence-corrected chi connectivity index (χ2v) is 5.29. The zero-order valence-electron chi connectivity index (χ0n) is 10.6. The van der Waals surface area contributed by atoms with Crippen LogP contribution in [0.25, 0.3) is 0 Å². The molecule has 15 heavy (non-hydrogen) atoms. The molecule has 0 aromatic carbocycles. The summed E-state index contributed by atoms with van der Waals surface area (Å²) in [6, 6.07) is 0. The molecule has 1 rings (SSSR count). The van der Waals surface area contributed by atoms with E-state index >= 15 is 0 Å². The number of aliphatic hydroxyl groups is 1. The largest absolute Gasteiger partial charge is 0.393 e. The van der Waals surface area contributed by atoms with Gasteiger partial charge in [-0.15, -0.1) is 0 Å². The molecule has 1 aliphatic rings. The van der Waals surface area contributed by atoms with Gasteiger partial charge in [-0.3, -0.25) is 0 Å². The molecular formula is C14H28O. The summed E-state index contributed by atoms with van der Waals surface area (Å²) < 4.78 is 0. The third-order valence-corrected chi connectivity index (χ3v) is 4.34. The maximum Gasteiger partial charge on any atom is 0.0596 e. The Bertz CT molecular complexity index is 159. The maximum absolute atomic E-state index is 10.3. The van der Waals surface area contributed by atoms with E-state index in [2.05, 4.69) is 13.8 Å². The second-order valence-electron chi connectivity index (χ2n) is 5.29. The molecule has 1 fully saturated rings. The summed E-state index contributed by atoms with van der Waals surface area (Å²) in [6.07, 6.45) is 12.5. The molecular weight excluding hydrogens is 184 g/mol. The molecule has 0 spiro atoms. The lowest BCUT2D eigenvalue weighted by atomic mass is 9.76. The van der Waals surface area contributed by atoms with E-state index in [0.717, 1.165) is 6.42 Å². The predicted octanol–water partition coefficient (Wildman–Crippen LogP) is 4.29. The van der Waals surface area contributed by atoms with E-state index in [1.807, 2.05) is 0 Å². The van der Waals surface area contributed by atoms with Gasteiger partial charge in [0.25, 0.3) is 0 Å². The normalized spacial score (nSPS) is 21.8. The number of unbranched alkanes of at least 4 members (excludes halogenated alkanes) is 3. The van der Waals surface area contributed by atoms with Crippen molar-refractivity contribution in [3.05, 3.63) is 0 Å². The Kier molecular flexibility index (Phi) is 5.66. The molecule has 1 nitrogen and oxygen atoms in total. The van der Waals surface area contributed by atoms with Gasteiger partial charge in [0.1, 0.15) is 0 Å². The highest BCUT2D eigenvalue weighted by molar-refractivity contribution is 4.89. The number of hydrogen-bond acceptors (Lipinski definition) is 1. The van der Waals surface area contributed by atoms with Crippen molar-refractivity contribution in [1.82, 2.24) is 0 Å². The van der Waals surface area contributed by atoms with Crippen LogP contribution in [0, 0.1) is 5.41 Å². The summed E-state index contributed by atoms with van der Waals surface area (Å²) in [5, 5.41) is 10.3. The lowest BCUT2D eigenvalue weighted by Crippen LogP contribution is -2.31. The summed E-state index contributed by atoms with van der Waals surface area (Å²) in [5.74, 6) is 0. The fourth-order valence-electron chi connectivity index (χ4n) is 3.07. The molecule has 0 amide bonds. The van der Waals surface area contributed by atoms with Crippen molar-refractivity contribution in [2.75, 3.05) is 0 Å². The average molecular weight is 212 g/mol. The molecule has 1 atom stereocenters. The molecule has 0 radical (unpaired) electrons. The van der Waals surface area contributed by atoms with Crippen molar-refractivity contribution in [2.24, 2.45) is 5.41 Å². The van der Waals surface area contributed by atoms with E-state index in [-0.39, 0.29) is 6.10 Å². The Hall–Kier alpha value is -0.0400.